The third-order valence-electron chi connectivity index (χ3n) is 6.07. The third-order valence-corrected chi connectivity index (χ3v) is 14.7. The number of hydrogen-bond donors (Lipinski definition) is 0. The number of aliphatic imine (C=N–C) groups is 1. The first-order chi connectivity index (χ1) is 13.4. The molecule has 29 heavy (non-hydrogen) atoms. The van der Waals surface area contributed by atoms with E-state index in [9.17, 15) is 4.79 Å². The number of rotatable bonds is 4. The van der Waals surface area contributed by atoms with Crippen LogP contribution < -0.4 is 0 Å². The van der Waals surface area contributed by atoms with Crippen molar-refractivity contribution in [1.82, 2.24) is 4.90 Å². The average Bonchev–Trinajstić information content (AvgIpc) is 2.61. The quantitative estimate of drug-likeness (QED) is 0.241. The molecule has 0 bridgehead atoms. The second-order valence-corrected chi connectivity index (χ2v) is 17.2. The SMILES string of the molecule is C[C@@H](O[Si](C)(C)C(C)(C)C)[C@H]1C(=O)N2C(=Nc3ccc(Cl)cc3)[Se]/C(=C\I)C[C@H]12. The monoisotopic (exact) mass is 610 g/mol. The van der Waals surface area contributed by atoms with Crippen LogP contribution in [0, 0.1) is 5.92 Å². The zero-order valence-electron chi connectivity index (χ0n) is 17.7. The van der Waals surface area contributed by atoms with Crippen LogP contribution in [-0.2, 0) is 9.22 Å². The molecule has 2 saturated heterocycles. The van der Waals surface area contributed by atoms with Gasteiger partial charge in [-0.3, -0.25) is 0 Å². The standard InChI is InChI=1S/C21H28ClIN2O2SeSi/c1-13(27-29(5,6)21(2,3)4)18-17-11-16(12-23)28-20(25(17)19(18)26)24-15-9-7-14(22)8-10-15/h7-10,12-13,17-18H,11H2,1-6H3/b16-12-,24-20?/t13-,17-,18-/m1/s1. The molecular weight excluding hydrogens is 582 g/mol. The normalized spacial score (nSPS) is 26.5. The zero-order chi connectivity index (χ0) is 21.6. The van der Waals surface area contributed by atoms with Crippen LogP contribution in [0.15, 0.2) is 37.8 Å². The number of benzene rings is 1. The molecule has 2 aliphatic rings. The summed E-state index contributed by atoms with van der Waals surface area (Å²) in [5, 5.41) is 0.809. The number of halogens is 2. The molecule has 4 nitrogen and oxygen atoms in total. The first-order valence-electron chi connectivity index (χ1n) is 9.77. The van der Waals surface area contributed by atoms with Gasteiger partial charge in [0.05, 0.1) is 0 Å². The van der Waals surface area contributed by atoms with E-state index in [4.69, 9.17) is 21.0 Å². The van der Waals surface area contributed by atoms with Crippen molar-refractivity contribution in [1.29, 1.82) is 0 Å². The van der Waals surface area contributed by atoms with Crippen LogP contribution in [0.3, 0.4) is 0 Å². The van der Waals surface area contributed by atoms with Gasteiger partial charge in [0, 0.05) is 0 Å². The maximum atomic E-state index is 13.2. The fourth-order valence-corrected chi connectivity index (χ4v) is 8.02. The molecule has 1 aromatic carbocycles. The van der Waals surface area contributed by atoms with Crippen LogP contribution in [0.4, 0.5) is 5.69 Å². The van der Waals surface area contributed by atoms with Gasteiger partial charge >= 0.3 is 201 Å². The molecular formula is C21H28ClIN2O2SeSi. The van der Waals surface area contributed by atoms with Crippen LogP contribution in [0.5, 0.6) is 0 Å². The number of amidine groups is 1. The number of β-lactam (4-membered cyclic amide) rings is 1. The fourth-order valence-electron chi connectivity index (χ4n) is 3.43. The topological polar surface area (TPSA) is 41.9 Å². The van der Waals surface area contributed by atoms with Gasteiger partial charge < -0.3 is 0 Å². The van der Waals surface area contributed by atoms with E-state index in [1.54, 1.807) is 0 Å². The van der Waals surface area contributed by atoms with Crippen LogP contribution in [-0.4, -0.2) is 51.0 Å². The Morgan fingerprint density at radius 2 is 1.97 bits per heavy atom. The molecule has 2 aliphatic heterocycles. The van der Waals surface area contributed by atoms with Gasteiger partial charge in [-0.25, -0.2) is 0 Å². The second-order valence-electron chi connectivity index (χ2n) is 9.14. The Bertz CT molecular complexity index is 851. The van der Waals surface area contributed by atoms with E-state index in [1.165, 1.54) is 4.47 Å². The first-order valence-corrected chi connectivity index (χ1v) is 16.0. The van der Waals surface area contributed by atoms with E-state index in [0.29, 0.717) is 5.02 Å². The second kappa shape index (κ2) is 8.75. The molecule has 2 heterocycles. The molecule has 0 N–H and O–H groups in total. The van der Waals surface area contributed by atoms with Crippen molar-refractivity contribution < 1.29 is 9.22 Å². The Balaban J connectivity index is 1.84. The molecule has 1 aromatic rings. The fraction of sp³-hybridized carbons (Fsp3) is 0.524. The van der Waals surface area contributed by atoms with E-state index in [-0.39, 0.29) is 44.0 Å². The molecule has 158 valence electrons. The summed E-state index contributed by atoms with van der Waals surface area (Å²) >= 11 is 8.36. The van der Waals surface area contributed by atoms with Gasteiger partial charge in [0.25, 0.3) is 0 Å². The van der Waals surface area contributed by atoms with E-state index < -0.39 is 8.32 Å². The Hall–Kier alpha value is -0.184. The van der Waals surface area contributed by atoms with Gasteiger partial charge in [-0.15, -0.1) is 0 Å². The van der Waals surface area contributed by atoms with Crippen molar-refractivity contribution in [2.45, 2.75) is 64.4 Å². The minimum atomic E-state index is -1.93. The molecule has 1 amide bonds. The number of carbonyl (C=O) groups is 1. The van der Waals surface area contributed by atoms with Gasteiger partial charge in [-0.2, -0.15) is 0 Å². The molecule has 8 heteroatoms. The van der Waals surface area contributed by atoms with Crippen LogP contribution in [0.1, 0.15) is 34.1 Å². The van der Waals surface area contributed by atoms with Crippen molar-refractivity contribution in [2.75, 3.05) is 0 Å². The van der Waals surface area contributed by atoms with Crippen molar-refractivity contribution in [3.63, 3.8) is 0 Å². The van der Waals surface area contributed by atoms with Crippen molar-refractivity contribution >= 4 is 73.8 Å². The number of fused-ring (bicyclic) bond motifs is 1. The summed E-state index contributed by atoms with van der Waals surface area (Å²) in [4.78, 5) is 19.9. The van der Waals surface area contributed by atoms with Gasteiger partial charge in [0.2, 0.25) is 0 Å². The van der Waals surface area contributed by atoms with E-state index in [2.05, 4.69) is 67.5 Å². The average molecular weight is 610 g/mol. The van der Waals surface area contributed by atoms with E-state index >= 15 is 0 Å². The van der Waals surface area contributed by atoms with Gasteiger partial charge in [-0.1, -0.05) is 0 Å². The summed E-state index contributed by atoms with van der Waals surface area (Å²) < 4.78 is 11.0. The van der Waals surface area contributed by atoms with E-state index in [0.717, 1.165) is 16.8 Å². The summed E-state index contributed by atoms with van der Waals surface area (Å²) in [7, 11) is -1.93. The van der Waals surface area contributed by atoms with Gasteiger partial charge in [0.15, 0.2) is 0 Å². The Labute approximate surface area is 199 Å². The Morgan fingerprint density at radius 1 is 1.34 bits per heavy atom. The predicted molar refractivity (Wildman–Crippen MR) is 133 cm³/mol. The van der Waals surface area contributed by atoms with Crippen LogP contribution in [0.2, 0.25) is 23.2 Å². The predicted octanol–water partition coefficient (Wildman–Crippen LogP) is 5.95. The van der Waals surface area contributed by atoms with Crippen molar-refractivity contribution in [3.05, 3.63) is 37.8 Å². The third kappa shape index (κ3) is 4.85. The molecule has 0 saturated carbocycles. The van der Waals surface area contributed by atoms with Gasteiger partial charge in [0.1, 0.15) is 0 Å². The van der Waals surface area contributed by atoms with Gasteiger partial charge in [-0.05, 0) is 0 Å². The Kier molecular flexibility index (Phi) is 7.08. The Morgan fingerprint density at radius 3 is 2.52 bits per heavy atom. The van der Waals surface area contributed by atoms with Crippen LogP contribution in [0.25, 0.3) is 0 Å². The summed E-state index contributed by atoms with van der Waals surface area (Å²) in [5.74, 6) is 0.0605. The number of hydrogen-bond acceptors (Lipinski definition) is 3. The minimum absolute atomic E-state index is 0.0570. The van der Waals surface area contributed by atoms with E-state index in [1.807, 2.05) is 29.2 Å². The number of nitrogens with zero attached hydrogens (tertiary/aromatic N) is 2. The molecule has 2 fully saturated rings. The van der Waals surface area contributed by atoms with Crippen molar-refractivity contribution in [3.8, 4) is 0 Å². The first kappa shape index (κ1) is 23.5. The molecule has 3 atom stereocenters. The molecule has 3 rings (SSSR count). The molecule has 0 aromatic heterocycles. The summed E-state index contributed by atoms with van der Waals surface area (Å²) in [6.07, 6.45) is 0.840. The summed E-state index contributed by atoms with van der Waals surface area (Å²) in [6, 6.07) is 7.60. The number of amides is 1. The van der Waals surface area contributed by atoms with Crippen molar-refractivity contribution in [2.24, 2.45) is 10.9 Å². The summed E-state index contributed by atoms with van der Waals surface area (Å²) in [5.41, 5.74) is 0.835. The zero-order valence-corrected chi connectivity index (χ0v) is 23.3. The maximum absolute atomic E-state index is 13.2. The summed E-state index contributed by atoms with van der Waals surface area (Å²) in [6.45, 7) is 13.3. The molecule has 0 spiro atoms. The number of carbonyl (C=O) groups excluding carboxylic acids is 1. The molecule has 0 unspecified atom stereocenters. The molecule has 0 radical (unpaired) electrons. The molecule has 0 aliphatic carbocycles. The van der Waals surface area contributed by atoms with Crippen LogP contribution >= 0.6 is 34.2 Å².